The van der Waals surface area contributed by atoms with Crippen molar-refractivity contribution in [3.63, 3.8) is 0 Å². The van der Waals surface area contributed by atoms with Gasteiger partial charge in [-0.1, -0.05) is 80.1 Å². The predicted octanol–water partition coefficient (Wildman–Crippen LogP) is 4.41. The highest BCUT2D eigenvalue weighted by molar-refractivity contribution is 6.20. The van der Waals surface area contributed by atoms with Crippen LogP contribution >= 0.6 is 11.6 Å². The minimum atomic E-state index is -1.52. The monoisotopic (exact) mass is 1270 g/mol. The summed E-state index contributed by atoms with van der Waals surface area (Å²) in [6.45, 7) is 12.2. The van der Waals surface area contributed by atoms with Gasteiger partial charge in [0.15, 0.2) is 0 Å². The Hall–Kier alpha value is -5.58. The molecular formula is C65H110ClN11O12. The van der Waals surface area contributed by atoms with Crippen LogP contribution in [0.25, 0.3) is 0 Å². The number of hydrogen-bond donors (Lipinski definition) is 3. The summed E-state index contributed by atoms with van der Waals surface area (Å²) in [5.41, 5.74) is -1.52. The van der Waals surface area contributed by atoms with E-state index in [1.54, 1.807) is 27.9 Å². The average molecular weight is 1270 g/mol. The second kappa shape index (κ2) is 34.2. The molecule has 89 heavy (non-hydrogen) atoms. The normalized spacial score (nSPS) is 29.3. The van der Waals surface area contributed by atoms with Crippen LogP contribution in [0.3, 0.4) is 0 Å². The van der Waals surface area contributed by atoms with Gasteiger partial charge in [-0.3, -0.25) is 52.7 Å². The van der Waals surface area contributed by atoms with E-state index in [0.29, 0.717) is 25.7 Å². The lowest BCUT2D eigenvalue weighted by atomic mass is 9.84. The Morgan fingerprint density at radius 1 is 0.562 bits per heavy atom. The third-order valence-electron chi connectivity index (χ3n) is 19.8. The van der Waals surface area contributed by atoms with E-state index in [1.807, 2.05) is 34.6 Å². The van der Waals surface area contributed by atoms with Crippen molar-refractivity contribution in [1.82, 2.24) is 55.1 Å². The first kappa shape index (κ1) is 74.2. The van der Waals surface area contributed by atoms with E-state index >= 15 is 9.59 Å². The maximum atomic E-state index is 15.3. The van der Waals surface area contributed by atoms with Gasteiger partial charge in [-0.2, -0.15) is 0 Å². The molecule has 3 heterocycles. The van der Waals surface area contributed by atoms with E-state index in [9.17, 15) is 43.2 Å². The second-order valence-corrected chi connectivity index (χ2v) is 28.3. The van der Waals surface area contributed by atoms with E-state index in [-0.39, 0.29) is 93.8 Å². The summed E-state index contributed by atoms with van der Waals surface area (Å²) in [7, 11) is 10.5. The molecule has 5 aliphatic rings. The fraction of sp³-hybridized carbons (Fsp3) is 0.831. The Kier molecular flexibility index (Phi) is 28.5. The summed E-state index contributed by atoms with van der Waals surface area (Å²) in [4.78, 5) is 172. The van der Waals surface area contributed by atoms with Crippen molar-refractivity contribution >= 4 is 76.6 Å². The maximum absolute atomic E-state index is 15.3. The molecule has 11 amide bonds. The van der Waals surface area contributed by atoms with Gasteiger partial charge in [0.05, 0.1) is 19.6 Å². The van der Waals surface area contributed by atoms with Crippen LogP contribution in [0, 0.1) is 29.6 Å². The summed E-state index contributed by atoms with van der Waals surface area (Å²) in [6.07, 6.45) is 10.9. The Morgan fingerprint density at radius 2 is 1.15 bits per heavy atom. The highest BCUT2D eigenvalue weighted by Gasteiger charge is 2.49. The number of ether oxygens (including phenoxy) is 1. The molecule has 24 heteroatoms. The lowest BCUT2D eigenvalue weighted by Crippen LogP contribution is -2.66. The van der Waals surface area contributed by atoms with E-state index in [0.717, 1.165) is 57.8 Å². The first-order valence-corrected chi connectivity index (χ1v) is 33.6. The minimum absolute atomic E-state index is 0.0667. The third kappa shape index (κ3) is 20.2. The number of likely N-dealkylation sites (N-methyl/N-ethyl adjacent to an activating group) is 7. The maximum Gasteiger partial charge on any atom is 0.248 e. The average Bonchev–Trinajstić information content (AvgIpc) is 2.01. The fourth-order valence-electron chi connectivity index (χ4n) is 13.5. The minimum Gasteiger partial charge on any atom is -0.381 e. The van der Waals surface area contributed by atoms with Crippen molar-refractivity contribution in [2.75, 3.05) is 88.7 Å². The van der Waals surface area contributed by atoms with Gasteiger partial charge in [-0.05, 0) is 107 Å². The molecule has 8 atom stereocenters. The molecule has 1 spiro atoms. The van der Waals surface area contributed by atoms with E-state index in [4.69, 9.17) is 16.3 Å². The summed E-state index contributed by atoms with van der Waals surface area (Å²) < 4.78 is 5.77. The molecule has 504 valence electrons. The Labute approximate surface area is 535 Å². The molecule has 0 aromatic carbocycles. The standard InChI is InChI=1S/C65H110ClN11O12/c1-15-43(6)57-63(87)72(10)39-55(80)70(8)40-56(81)75(13)52(37-46-20-17-16-18-21-46)61(85)71(9)38-53(78)67-48(28-25-45-23-26-47(66)27-24-45)60(84)77-31-19-22-49(77)59(83)69-65(29-32-89-33-30-65)64(88)76(14)51(35-42(4)5)62(86)73(11)44(7)36-54(79)74(12)50(34-41(2)3)58(82)68-57/h41-52,57H,15-40H2,1-14H3,(H,67,78)(H,68,82)(H,69,83)/t43-,44+,45?,47?,48-,49-,50-,51-,52-,57-/m0/s1. The third-order valence-corrected chi connectivity index (χ3v) is 20.3. The topological polar surface area (TPSA) is 259 Å². The molecule has 2 saturated carbocycles. The largest absolute Gasteiger partial charge is 0.381 e. The Morgan fingerprint density at radius 3 is 1.75 bits per heavy atom. The van der Waals surface area contributed by atoms with Crippen LogP contribution in [-0.4, -0.2) is 246 Å². The van der Waals surface area contributed by atoms with Crippen molar-refractivity contribution in [3.8, 4) is 0 Å². The van der Waals surface area contributed by atoms with Crippen LogP contribution in [0.15, 0.2) is 0 Å². The Balaban J connectivity index is 1.55. The number of nitrogens with one attached hydrogen (secondary N) is 3. The number of hydrogen-bond acceptors (Lipinski definition) is 12. The van der Waals surface area contributed by atoms with Crippen LogP contribution < -0.4 is 16.0 Å². The van der Waals surface area contributed by atoms with Gasteiger partial charge in [0.1, 0.15) is 41.8 Å². The van der Waals surface area contributed by atoms with Gasteiger partial charge in [-0.15, -0.1) is 11.6 Å². The highest BCUT2D eigenvalue weighted by atomic mass is 35.5. The molecule has 3 aliphatic heterocycles. The van der Waals surface area contributed by atoms with Crippen LogP contribution in [0.4, 0.5) is 0 Å². The quantitative estimate of drug-likeness (QED) is 0.243. The number of carbonyl (C=O) groups excluding carboxylic acids is 11. The van der Waals surface area contributed by atoms with Crippen molar-refractivity contribution in [2.45, 2.75) is 230 Å². The molecule has 2 aliphatic carbocycles. The van der Waals surface area contributed by atoms with E-state index < -0.39 is 138 Å². The molecule has 0 bridgehead atoms. The SMILES string of the molecule is CC[C@H](C)[C@@H]1NC(=O)[C@H](CC(C)C)N(C)C(=O)C[C@@H](C)N(C)C(=O)[C@H](CC(C)C)N(C)C(=O)C2(CCOCC2)NC(=O)[C@@H]2CCCN2C(=O)[C@H](CCC2CCC(Cl)CC2)NC(=O)CN(C)C(=O)[C@H](CC2CCCCC2)N(C)C(=O)CN(C)C(=O)CN(C)C1=O. The van der Waals surface area contributed by atoms with Gasteiger partial charge >= 0.3 is 0 Å². The van der Waals surface area contributed by atoms with Crippen molar-refractivity contribution in [2.24, 2.45) is 29.6 Å². The molecule has 0 radical (unpaired) electrons. The number of amides is 11. The van der Waals surface area contributed by atoms with Crippen LogP contribution in [0.5, 0.6) is 0 Å². The number of nitrogens with zero attached hydrogens (tertiary/aromatic N) is 8. The lowest BCUT2D eigenvalue weighted by Gasteiger charge is -2.43. The van der Waals surface area contributed by atoms with Crippen molar-refractivity contribution < 1.29 is 57.5 Å². The molecule has 5 fully saturated rings. The zero-order valence-electron chi connectivity index (χ0n) is 56.2. The summed E-state index contributed by atoms with van der Waals surface area (Å²) in [5, 5.41) is 9.05. The molecule has 0 unspecified atom stereocenters. The predicted molar refractivity (Wildman–Crippen MR) is 339 cm³/mol. The molecule has 0 aromatic rings. The number of carbonyl (C=O) groups is 11. The summed E-state index contributed by atoms with van der Waals surface area (Å²) in [6, 6.07) is -6.98. The second-order valence-electron chi connectivity index (χ2n) is 27.7. The van der Waals surface area contributed by atoms with Gasteiger partial charge in [0, 0.05) is 99.8 Å². The zero-order chi connectivity index (χ0) is 66.2. The van der Waals surface area contributed by atoms with Crippen molar-refractivity contribution in [1.29, 1.82) is 0 Å². The van der Waals surface area contributed by atoms with Crippen molar-refractivity contribution in [3.05, 3.63) is 0 Å². The molecular weight excluding hydrogens is 1160 g/mol. The highest BCUT2D eigenvalue weighted by Crippen LogP contribution is 2.34. The molecule has 3 N–H and O–H groups in total. The van der Waals surface area contributed by atoms with Gasteiger partial charge in [0.25, 0.3) is 0 Å². The van der Waals surface area contributed by atoms with Crippen LogP contribution in [0.1, 0.15) is 177 Å². The van der Waals surface area contributed by atoms with Gasteiger partial charge < -0.3 is 59.9 Å². The number of fused-ring (bicyclic) bond motifs is 1. The molecule has 0 aromatic heterocycles. The number of rotatable bonds is 11. The smallest absolute Gasteiger partial charge is 0.248 e. The fourth-order valence-corrected chi connectivity index (χ4v) is 13.8. The zero-order valence-corrected chi connectivity index (χ0v) is 57.0. The molecule has 5 rings (SSSR count). The van der Waals surface area contributed by atoms with E-state index in [2.05, 4.69) is 16.0 Å². The summed E-state index contributed by atoms with van der Waals surface area (Å²) >= 11 is 6.49. The molecule has 23 nitrogen and oxygen atoms in total. The first-order chi connectivity index (χ1) is 41.9. The molecule has 3 saturated heterocycles. The Bertz CT molecular complexity index is 2460. The number of halogens is 1. The van der Waals surface area contributed by atoms with Crippen LogP contribution in [-0.2, 0) is 57.5 Å². The summed E-state index contributed by atoms with van der Waals surface area (Å²) in [5.74, 6) is -5.97. The van der Waals surface area contributed by atoms with Gasteiger partial charge in [-0.25, -0.2) is 0 Å². The first-order valence-electron chi connectivity index (χ1n) is 33.1. The van der Waals surface area contributed by atoms with E-state index in [1.165, 1.54) is 74.4 Å². The number of alkyl halides is 1. The van der Waals surface area contributed by atoms with Gasteiger partial charge in [0.2, 0.25) is 65.0 Å². The lowest BCUT2D eigenvalue weighted by molar-refractivity contribution is -0.154. The van der Waals surface area contributed by atoms with Crippen LogP contribution in [0.2, 0.25) is 0 Å².